The van der Waals surface area contributed by atoms with Crippen molar-refractivity contribution in [1.82, 2.24) is 70.2 Å². The predicted octanol–water partition coefficient (Wildman–Crippen LogP) is 39.4. The second-order valence-corrected chi connectivity index (χ2v) is 43.7. The van der Waals surface area contributed by atoms with Crippen molar-refractivity contribution >= 4 is 22.7 Å². The molecule has 0 radical (unpaired) electrons. The summed E-state index contributed by atoms with van der Waals surface area (Å²) in [6.45, 7) is 96.2. The first-order valence-electron chi connectivity index (χ1n) is 39.0. The molecule has 18 heteroatoms. The van der Waals surface area contributed by atoms with Crippen LogP contribution in [0.5, 0.6) is 0 Å². The quantitative estimate of drug-likeness (QED) is 0.129. The molecule has 11 heterocycles. The molecule has 11 aromatic rings. The molecule has 0 saturated carbocycles. The van der Waals surface area contributed by atoms with Crippen molar-refractivity contribution in [3.05, 3.63) is 250 Å². The molecule has 3 N–H and O–H groups in total. The van der Waals surface area contributed by atoms with Crippen molar-refractivity contribution < 1.29 is 8.83 Å². The number of aromatic amines is 3. The van der Waals surface area contributed by atoms with Crippen LogP contribution in [0.15, 0.2) is 259 Å². The van der Waals surface area contributed by atoms with Crippen molar-refractivity contribution in [1.29, 1.82) is 0 Å². The van der Waals surface area contributed by atoms with Crippen molar-refractivity contribution in [2.75, 3.05) is 0 Å². The monoisotopic (exact) mass is 1810 g/mol. The topological polar surface area (TPSA) is 215 Å². The minimum Gasteiger partial charge on any atom is -0.473 e. The lowest BCUT2D eigenvalue weighted by Gasteiger charge is -2.05. The molecule has 0 spiro atoms. The number of nitrogens with zero attached hydrogens (tertiary/aromatic N) is 11. The van der Waals surface area contributed by atoms with Crippen LogP contribution >= 0.6 is 22.7 Å². The van der Waals surface area contributed by atoms with Crippen molar-refractivity contribution in [2.24, 2.45) is 59.6 Å². The lowest BCUT2D eigenvalue weighted by Crippen LogP contribution is -1.93. The van der Waals surface area contributed by atoms with Gasteiger partial charge in [0.05, 0.1) is 30.6 Å². The van der Waals surface area contributed by atoms with E-state index < -0.39 is 0 Å². The average molecular weight is 1820 g/mol. The summed E-state index contributed by atoms with van der Waals surface area (Å²) >= 11 is 3.31. The molecule has 750 valence electrons. The van der Waals surface area contributed by atoms with Crippen molar-refractivity contribution in [3.8, 4) is 0 Å². The molecule has 126 heavy (non-hydrogen) atoms. The number of thiophene rings is 1. The summed E-state index contributed by atoms with van der Waals surface area (Å²) in [6, 6.07) is 24.6. The van der Waals surface area contributed by atoms with Crippen LogP contribution in [0.1, 0.15) is 394 Å². The molecule has 16 nitrogen and oxygen atoms in total. The summed E-state index contributed by atoms with van der Waals surface area (Å²) in [7, 11) is 0. The summed E-state index contributed by atoms with van der Waals surface area (Å²) in [5.41, 5.74) is 7.29. The zero-order valence-corrected chi connectivity index (χ0v) is 82.9. The number of pyridine rings is 1. The summed E-state index contributed by atoms with van der Waals surface area (Å²) in [6.07, 6.45) is 40.0. The van der Waals surface area contributed by atoms with Gasteiger partial charge in [-0.3, -0.25) is 25.0 Å². The van der Waals surface area contributed by atoms with Crippen LogP contribution in [0.3, 0.4) is 0 Å². The van der Waals surface area contributed by atoms with Gasteiger partial charge < -0.3 is 18.8 Å². The first kappa shape index (κ1) is 179. The van der Waals surface area contributed by atoms with Gasteiger partial charge in [-0.2, -0.15) is 26.6 Å². The van der Waals surface area contributed by atoms with Gasteiger partial charge in [-0.1, -0.05) is 412 Å². The number of nitrogens with one attached hydrogen (secondary N) is 3. The Morgan fingerprint density at radius 2 is 0.516 bits per heavy atom. The molecule has 0 aromatic carbocycles. The summed E-state index contributed by atoms with van der Waals surface area (Å²) in [5.74, 6) is 0. The molecule has 0 atom stereocenters. The van der Waals surface area contributed by atoms with Gasteiger partial charge in [0, 0.05) is 111 Å². The third-order valence-corrected chi connectivity index (χ3v) is 6.01. The molecule has 0 aliphatic carbocycles. The SMILES string of the molecule is C.C.C.C.C.C.C.C.C.C.C.C.CC(C)(C)C.CC(C)(C)C.CC(C)(C)C.CC(C)(C)C.CC(C)(C)C.CC(C)(C)C.CC(C)(C)C.CC(C)(C)C.CC(C)(C)C.CC(C)(C)C.CC(C)(C)C.c1c[nH]cn1.c1cc[nH]c1.c1ccncc1.c1ccnnc1.c1ccoc1.c1ccsc1.c1cn[nH]c1.c1cnccn1.c1cncnc1.c1cocn1.c1cscn1. The molecule has 0 fully saturated rings. The van der Waals surface area contributed by atoms with Gasteiger partial charge in [-0.15, -0.1) is 11.3 Å². The average Bonchev–Trinajstić information content (AvgIpc) is 2.16. The van der Waals surface area contributed by atoms with Gasteiger partial charge in [0.25, 0.3) is 0 Å². The zero-order chi connectivity index (χ0) is 91.2. The van der Waals surface area contributed by atoms with E-state index in [2.05, 4.69) is 384 Å². The molecule has 11 rings (SSSR count). The first-order chi connectivity index (χ1) is 51.5. The van der Waals surface area contributed by atoms with E-state index in [1.807, 2.05) is 101 Å². The number of hydrogen-bond acceptors (Lipinski definition) is 15. The van der Waals surface area contributed by atoms with Gasteiger partial charge in [-0.25, -0.2) is 19.9 Å². The highest BCUT2D eigenvalue weighted by Gasteiger charge is 2.00. The lowest BCUT2D eigenvalue weighted by atomic mass is 10.0. The second kappa shape index (κ2) is 115. The Morgan fingerprint density at radius 1 is 0.206 bits per heavy atom. The molecule has 11 aromatic heterocycles. The van der Waals surface area contributed by atoms with E-state index in [0.717, 1.165) is 0 Å². The fourth-order valence-corrected chi connectivity index (χ4v) is 3.39. The van der Waals surface area contributed by atoms with Gasteiger partial charge in [0.1, 0.15) is 12.6 Å². The standard InChI is InChI=1S/C5H5N.11C5H12.3C4H4N2.C4H5N.C4H4O.C4H4S.2C3H4N2.C3H3NO.C3H3NS.12CH4/c1-2-4-6-5-3-1;11*1-5(2,3)4;1-2-6-4-3-5-1;1-2-5-4-6-3-1;1-2-4-6-5-3-1;3*1-2-4-5-3-1;1-2-5-3-4-1;1-2-4-5-3-1;2*1-2-5-3-4-1;;;;;;;;;;;;/h1-5H;11*1-4H3;3*1-4H;1-5H;2*1-4H;2*1-3H,(H,4,5);2*1-3H;12*1H4. The lowest BCUT2D eigenvalue weighted by molar-refractivity contribution is 0.469. The van der Waals surface area contributed by atoms with E-state index in [4.69, 9.17) is 0 Å². The van der Waals surface area contributed by atoms with Crippen LogP contribution in [-0.2, 0) is 0 Å². The van der Waals surface area contributed by atoms with E-state index in [-0.39, 0.29) is 89.1 Å². The Hall–Kier alpha value is -8.09. The summed E-state index contributed by atoms with van der Waals surface area (Å²) in [5, 5.41) is 19.3. The molecule has 0 aliphatic rings. The van der Waals surface area contributed by atoms with Gasteiger partial charge in [0.2, 0.25) is 0 Å². The molecular weight excluding hydrogens is 1590 g/mol. The van der Waals surface area contributed by atoms with Gasteiger partial charge >= 0.3 is 0 Å². The van der Waals surface area contributed by atoms with Crippen LogP contribution in [-0.4, -0.2) is 70.2 Å². The Balaban J connectivity index is -0.0000000418. The number of thiazole rings is 1. The van der Waals surface area contributed by atoms with E-state index in [1.54, 1.807) is 152 Å². The van der Waals surface area contributed by atoms with E-state index in [1.165, 1.54) is 19.0 Å². The van der Waals surface area contributed by atoms with Crippen LogP contribution in [0.4, 0.5) is 0 Å². The second-order valence-electron chi connectivity index (χ2n) is 42.1. The minimum absolute atomic E-state index is 0. The predicted molar refractivity (Wildman–Crippen MR) is 587 cm³/mol. The first-order valence-corrected chi connectivity index (χ1v) is 40.9. The maximum absolute atomic E-state index is 4.58. The Kier molecular flexibility index (Phi) is 163. The van der Waals surface area contributed by atoms with Crippen molar-refractivity contribution in [2.45, 2.75) is 394 Å². The smallest absolute Gasteiger partial charge is 0.180 e. The fourth-order valence-electron chi connectivity index (χ4n) is 2.59. The number of oxazole rings is 1. The van der Waals surface area contributed by atoms with Gasteiger partial charge in [0.15, 0.2) is 6.39 Å². The molecular formula is C108H224N14O2S2. The largest absolute Gasteiger partial charge is 0.473 e. The molecule has 0 saturated heterocycles. The van der Waals surface area contributed by atoms with E-state index in [0.29, 0.717) is 59.6 Å². The third kappa shape index (κ3) is 591. The highest BCUT2D eigenvalue weighted by molar-refractivity contribution is 7.07. The molecule has 0 unspecified atom stereocenters. The minimum atomic E-state index is 0. The van der Waals surface area contributed by atoms with E-state index in [9.17, 15) is 0 Å². The summed E-state index contributed by atoms with van der Waals surface area (Å²) < 4.78 is 9.06. The van der Waals surface area contributed by atoms with Crippen LogP contribution < -0.4 is 0 Å². The normalized spacial score (nSPS) is 8.98. The highest BCUT2D eigenvalue weighted by Crippen LogP contribution is 2.13. The van der Waals surface area contributed by atoms with Crippen molar-refractivity contribution in [3.63, 3.8) is 0 Å². The Bertz CT molecular complexity index is 2250. The molecule has 0 amide bonds. The maximum Gasteiger partial charge on any atom is 0.180 e. The third-order valence-electron chi connectivity index (χ3n) is 4.86. The number of rotatable bonds is 0. The summed E-state index contributed by atoms with van der Waals surface area (Å²) in [4.78, 5) is 35.2. The highest BCUT2D eigenvalue weighted by atomic mass is 32.1. The van der Waals surface area contributed by atoms with Crippen LogP contribution in [0.25, 0.3) is 0 Å². The number of furan rings is 1. The fraction of sp³-hybridized carbons (Fsp3) is 0.620. The maximum atomic E-state index is 4.58. The number of aromatic nitrogens is 14. The molecule has 0 bridgehead atoms. The Morgan fingerprint density at radius 3 is 0.603 bits per heavy atom. The number of H-pyrrole nitrogens is 3. The number of imidazole rings is 1. The Labute approximate surface area is 799 Å². The number of hydrogen-bond donors (Lipinski definition) is 3. The molecule has 0 aliphatic heterocycles. The zero-order valence-electron chi connectivity index (χ0n) is 81.2. The van der Waals surface area contributed by atoms with E-state index >= 15 is 0 Å². The van der Waals surface area contributed by atoms with Crippen LogP contribution in [0.2, 0.25) is 0 Å². The van der Waals surface area contributed by atoms with Gasteiger partial charge in [-0.05, 0) is 131 Å². The van der Waals surface area contributed by atoms with Crippen LogP contribution in [0, 0.1) is 59.6 Å².